The first-order valence-corrected chi connectivity index (χ1v) is 8.72. The molecule has 0 atom stereocenters. The molecule has 1 aromatic heterocycles. The first kappa shape index (κ1) is 23.3. The van der Waals surface area contributed by atoms with Crippen molar-refractivity contribution in [3.63, 3.8) is 0 Å². The fourth-order valence-electron chi connectivity index (χ4n) is 2.68. The molecule has 8 heteroatoms. The molecule has 6 nitrogen and oxygen atoms in total. The van der Waals surface area contributed by atoms with Crippen molar-refractivity contribution < 1.29 is 4.79 Å². The first-order chi connectivity index (χ1) is 12.3. The highest BCUT2D eigenvalue weighted by atomic mass is 127. The van der Waals surface area contributed by atoms with E-state index in [2.05, 4.69) is 10.3 Å². The minimum absolute atomic E-state index is 0. The number of carbonyl (C=O) groups excluding carboxylic acids is 1. The summed E-state index contributed by atoms with van der Waals surface area (Å²) in [7, 11) is 9.20. The third kappa shape index (κ3) is 6.42. The summed E-state index contributed by atoms with van der Waals surface area (Å²) in [6.45, 7) is 1.27. The van der Waals surface area contributed by atoms with Crippen LogP contribution in [0.15, 0.2) is 41.5 Å². The van der Waals surface area contributed by atoms with Gasteiger partial charge in [-0.1, -0.05) is 23.7 Å². The molecule has 148 valence electrons. The Balaban J connectivity index is 0.00000364. The minimum Gasteiger partial charge on any atom is -0.352 e. The Bertz CT molecular complexity index is 803. The number of hydrogen-bond donors (Lipinski definition) is 1. The van der Waals surface area contributed by atoms with Gasteiger partial charge in [0.2, 0.25) is 0 Å². The topological polar surface area (TPSA) is 52.9 Å². The lowest BCUT2D eigenvalue weighted by Gasteiger charge is -2.22. The Labute approximate surface area is 183 Å². The van der Waals surface area contributed by atoms with Gasteiger partial charge in [0, 0.05) is 59.2 Å². The molecule has 1 aromatic carbocycles. The average molecular weight is 504 g/mol. The van der Waals surface area contributed by atoms with Gasteiger partial charge in [-0.2, -0.15) is 0 Å². The van der Waals surface area contributed by atoms with Gasteiger partial charge in [-0.15, -0.1) is 24.0 Å². The fourth-order valence-corrected chi connectivity index (χ4v) is 2.95. The number of aromatic nitrogens is 1. The van der Waals surface area contributed by atoms with Crippen LogP contribution in [0.1, 0.15) is 21.6 Å². The van der Waals surface area contributed by atoms with Gasteiger partial charge in [0.05, 0.1) is 11.6 Å². The van der Waals surface area contributed by atoms with Crippen molar-refractivity contribution in [3.05, 3.63) is 58.4 Å². The van der Waals surface area contributed by atoms with E-state index >= 15 is 0 Å². The molecule has 0 fully saturated rings. The normalized spacial score (nSPS) is 11.0. The summed E-state index contributed by atoms with van der Waals surface area (Å²) >= 11 is 6.05. The number of halogens is 2. The van der Waals surface area contributed by atoms with Crippen molar-refractivity contribution in [2.24, 2.45) is 12.0 Å². The standard InChI is InChI=1S/C19H26ClN5O.HI/c1-21-19(25(5)13-17-10-16(20)12-24(17)4)22-11-14-7-6-8-15(9-14)18(26)23(2)3;/h6-10,12H,11,13H2,1-5H3,(H,21,22);1H. The zero-order valence-electron chi connectivity index (χ0n) is 16.4. The third-order valence-electron chi connectivity index (χ3n) is 4.08. The van der Waals surface area contributed by atoms with Crippen molar-refractivity contribution in [3.8, 4) is 0 Å². The largest absolute Gasteiger partial charge is 0.352 e. The summed E-state index contributed by atoms with van der Waals surface area (Å²) in [5.41, 5.74) is 2.80. The Morgan fingerprint density at radius 2 is 1.96 bits per heavy atom. The molecule has 0 spiro atoms. The van der Waals surface area contributed by atoms with Crippen LogP contribution in [0.4, 0.5) is 0 Å². The monoisotopic (exact) mass is 503 g/mol. The van der Waals surface area contributed by atoms with E-state index in [-0.39, 0.29) is 29.9 Å². The SMILES string of the molecule is CN=C(NCc1cccc(C(=O)N(C)C)c1)N(C)Cc1cc(Cl)cn1C.I. The average Bonchev–Trinajstić information content (AvgIpc) is 2.92. The molecule has 0 saturated heterocycles. The predicted molar refractivity (Wildman–Crippen MR) is 122 cm³/mol. The summed E-state index contributed by atoms with van der Waals surface area (Å²) in [5.74, 6) is 0.764. The molecule has 0 aliphatic heterocycles. The van der Waals surface area contributed by atoms with Gasteiger partial charge in [0.25, 0.3) is 5.91 Å². The maximum Gasteiger partial charge on any atom is 0.253 e. The first-order valence-electron chi connectivity index (χ1n) is 8.35. The summed E-state index contributed by atoms with van der Waals surface area (Å²) in [5, 5.41) is 4.06. The highest BCUT2D eigenvalue weighted by molar-refractivity contribution is 14.0. The van der Waals surface area contributed by atoms with Gasteiger partial charge in [-0.05, 0) is 23.8 Å². The van der Waals surface area contributed by atoms with Crippen LogP contribution in [0.25, 0.3) is 0 Å². The Morgan fingerprint density at radius 1 is 1.26 bits per heavy atom. The smallest absolute Gasteiger partial charge is 0.253 e. The predicted octanol–water partition coefficient (Wildman–Crippen LogP) is 3.21. The number of hydrogen-bond acceptors (Lipinski definition) is 2. The molecule has 27 heavy (non-hydrogen) atoms. The van der Waals surface area contributed by atoms with Crippen LogP contribution in [-0.2, 0) is 20.1 Å². The van der Waals surface area contributed by atoms with Gasteiger partial charge in [-0.25, -0.2) is 0 Å². The molecule has 0 bridgehead atoms. The van der Waals surface area contributed by atoms with Crippen LogP contribution < -0.4 is 5.32 Å². The van der Waals surface area contributed by atoms with Gasteiger partial charge < -0.3 is 19.7 Å². The van der Waals surface area contributed by atoms with E-state index in [1.807, 2.05) is 60.1 Å². The van der Waals surface area contributed by atoms with Crippen LogP contribution in [0.5, 0.6) is 0 Å². The second-order valence-electron chi connectivity index (χ2n) is 6.42. The van der Waals surface area contributed by atoms with Crippen LogP contribution in [0, 0.1) is 0 Å². The number of amides is 1. The van der Waals surface area contributed by atoms with Crippen molar-refractivity contribution >= 4 is 47.4 Å². The number of guanidine groups is 1. The number of rotatable bonds is 5. The Hall–Kier alpha value is -1.74. The number of carbonyl (C=O) groups is 1. The third-order valence-corrected chi connectivity index (χ3v) is 4.28. The van der Waals surface area contributed by atoms with Crippen LogP contribution in [0.2, 0.25) is 5.02 Å². The lowest BCUT2D eigenvalue weighted by molar-refractivity contribution is 0.0827. The zero-order valence-corrected chi connectivity index (χ0v) is 19.4. The number of benzene rings is 1. The molecule has 1 N–H and O–H groups in total. The van der Waals surface area contributed by atoms with Crippen molar-refractivity contribution in [1.29, 1.82) is 0 Å². The summed E-state index contributed by atoms with van der Waals surface area (Å²) < 4.78 is 2.00. The van der Waals surface area contributed by atoms with Crippen molar-refractivity contribution in [2.75, 3.05) is 28.2 Å². The molecule has 0 aliphatic carbocycles. The minimum atomic E-state index is -0.00561. The van der Waals surface area contributed by atoms with E-state index in [0.717, 1.165) is 22.2 Å². The Morgan fingerprint density at radius 3 is 2.52 bits per heavy atom. The van der Waals surface area contributed by atoms with Crippen LogP contribution in [0.3, 0.4) is 0 Å². The maximum absolute atomic E-state index is 12.1. The molecule has 0 unspecified atom stereocenters. The van der Waals surface area contributed by atoms with E-state index in [4.69, 9.17) is 11.6 Å². The van der Waals surface area contributed by atoms with E-state index < -0.39 is 0 Å². The van der Waals surface area contributed by atoms with E-state index in [1.54, 1.807) is 26.0 Å². The lowest BCUT2D eigenvalue weighted by atomic mass is 10.1. The molecule has 1 amide bonds. The molecule has 0 radical (unpaired) electrons. The summed E-state index contributed by atoms with van der Waals surface area (Å²) in [6, 6.07) is 9.56. The highest BCUT2D eigenvalue weighted by Crippen LogP contribution is 2.14. The molecule has 2 rings (SSSR count). The van der Waals surface area contributed by atoms with Crippen molar-refractivity contribution in [1.82, 2.24) is 19.7 Å². The summed E-state index contributed by atoms with van der Waals surface area (Å²) in [6.07, 6.45) is 1.88. The number of aliphatic imine (C=N–C) groups is 1. The number of nitrogens with zero attached hydrogens (tertiary/aromatic N) is 4. The maximum atomic E-state index is 12.1. The van der Waals surface area contributed by atoms with Crippen LogP contribution in [-0.4, -0.2) is 54.4 Å². The van der Waals surface area contributed by atoms with Crippen molar-refractivity contribution in [2.45, 2.75) is 13.1 Å². The number of aryl methyl sites for hydroxylation is 1. The fraction of sp³-hybridized carbons (Fsp3) is 0.368. The van der Waals surface area contributed by atoms with Gasteiger partial charge in [-0.3, -0.25) is 9.79 Å². The van der Waals surface area contributed by atoms with E-state index in [0.29, 0.717) is 18.7 Å². The zero-order chi connectivity index (χ0) is 19.3. The second-order valence-corrected chi connectivity index (χ2v) is 6.85. The molecule has 0 aliphatic rings. The Kier molecular flexibility index (Phi) is 9.11. The molecular formula is C19H27ClIN5O. The van der Waals surface area contributed by atoms with Gasteiger partial charge >= 0.3 is 0 Å². The molecule has 2 aromatic rings. The van der Waals surface area contributed by atoms with E-state index in [9.17, 15) is 4.79 Å². The van der Waals surface area contributed by atoms with E-state index in [1.165, 1.54) is 0 Å². The van der Waals surface area contributed by atoms with Crippen LogP contribution >= 0.6 is 35.6 Å². The highest BCUT2D eigenvalue weighted by Gasteiger charge is 2.11. The number of nitrogens with one attached hydrogen (secondary N) is 1. The second kappa shape index (κ2) is 10.6. The lowest BCUT2D eigenvalue weighted by Crippen LogP contribution is -2.38. The molecule has 1 heterocycles. The molecular weight excluding hydrogens is 477 g/mol. The molecule has 0 saturated carbocycles. The summed E-state index contributed by atoms with van der Waals surface area (Å²) in [4.78, 5) is 20.0. The van der Waals surface area contributed by atoms with Gasteiger partial charge in [0.1, 0.15) is 0 Å². The van der Waals surface area contributed by atoms with Gasteiger partial charge in [0.15, 0.2) is 5.96 Å². The quantitative estimate of drug-likeness (QED) is 0.387.